The average molecular weight is 365 g/mol. The molecule has 0 aliphatic carbocycles. The molecule has 0 bridgehead atoms. The number of aromatic nitrogens is 4. The highest BCUT2D eigenvalue weighted by molar-refractivity contribution is 5.88. The van der Waals surface area contributed by atoms with Crippen LogP contribution in [0.25, 0.3) is 5.95 Å². The molecule has 4 N–H and O–H groups in total. The largest absolute Gasteiger partial charge is 0.334 e. The molecular formula is C19H23N7O. The van der Waals surface area contributed by atoms with Crippen LogP contribution in [-0.2, 0) is 6.54 Å². The van der Waals surface area contributed by atoms with Crippen LogP contribution in [0.15, 0.2) is 42.6 Å². The molecule has 0 saturated heterocycles. The Morgan fingerprint density at radius 3 is 2.44 bits per heavy atom. The highest BCUT2D eigenvalue weighted by Crippen LogP contribution is 2.13. The van der Waals surface area contributed by atoms with Gasteiger partial charge in [-0.2, -0.15) is 9.78 Å². The van der Waals surface area contributed by atoms with Gasteiger partial charge in [0, 0.05) is 30.0 Å². The van der Waals surface area contributed by atoms with Gasteiger partial charge < -0.3 is 11.1 Å². The van der Waals surface area contributed by atoms with Crippen LogP contribution in [0.4, 0.5) is 10.6 Å². The van der Waals surface area contributed by atoms with Crippen molar-refractivity contribution in [1.29, 1.82) is 0 Å². The van der Waals surface area contributed by atoms with Gasteiger partial charge in [0.25, 0.3) is 5.95 Å². The molecule has 140 valence electrons. The van der Waals surface area contributed by atoms with Gasteiger partial charge in [0.1, 0.15) is 5.82 Å². The van der Waals surface area contributed by atoms with Crippen molar-refractivity contribution in [1.82, 2.24) is 25.1 Å². The Balaban J connectivity index is 1.64. The number of anilines is 1. The van der Waals surface area contributed by atoms with E-state index in [0.717, 1.165) is 22.5 Å². The van der Waals surface area contributed by atoms with E-state index in [1.807, 2.05) is 51.1 Å². The fourth-order valence-electron chi connectivity index (χ4n) is 2.64. The van der Waals surface area contributed by atoms with Gasteiger partial charge >= 0.3 is 6.03 Å². The zero-order chi connectivity index (χ0) is 19.4. The number of carbonyl (C=O) groups excluding carboxylic acids is 1. The van der Waals surface area contributed by atoms with Crippen molar-refractivity contribution < 1.29 is 4.79 Å². The smallest absolute Gasteiger partial charge is 0.320 e. The van der Waals surface area contributed by atoms with Gasteiger partial charge in [-0.05, 0) is 38.0 Å². The minimum absolute atomic E-state index is 0.0110. The quantitative estimate of drug-likeness (QED) is 0.644. The third-order valence-electron chi connectivity index (χ3n) is 4.00. The van der Waals surface area contributed by atoms with Crippen LogP contribution in [0, 0.1) is 13.8 Å². The number of urea groups is 1. The molecule has 2 amide bonds. The lowest BCUT2D eigenvalue weighted by Crippen LogP contribution is -2.29. The maximum atomic E-state index is 12.3. The molecule has 2 aromatic heterocycles. The summed E-state index contributed by atoms with van der Waals surface area (Å²) in [5, 5.41) is 9.81. The summed E-state index contributed by atoms with van der Waals surface area (Å²) in [6, 6.07) is 11.1. The van der Waals surface area contributed by atoms with Crippen LogP contribution in [0.1, 0.15) is 35.5 Å². The first-order valence-corrected chi connectivity index (χ1v) is 8.68. The van der Waals surface area contributed by atoms with Crippen LogP contribution in [0.5, 0.6) is 0 Å². The Morgan fingerprint density at radius 2 is 1.81 bits per heavy atom. The number of hydrogen-bond donors (Lipinski definition) is 3. The summed E-state index contributed by atoms with van der Waals surface area (Å²) < 4.78 is 1.50. The second-order valence-corrected chi connectivity index (χ2v) is 6.42. The fourth-order valence-corrected chi connectivity index (χ4v) is 2.64. The van der Waals surface area contributed by atoms with Gasteiger partial charge in [0.05, 0.1) is 6.20 Å². The first-order valence-electron chi connectivity index (χ1n) is 8.68. The van der Waals surface area contributed by atoms with E-state index in [1.54, 1.807) is 12.3 Å². The van der Waals surface area contributed by atoms with Crippen molar-refractivity contribution in [2.45, 2.75) is 33.4 Å². The fraction of sp³-hybridized carbons (Fsp3) is 0.263. The van der Waals surface area contributed by atoms with Crippen molar-refractivity contribution in [2.24, 2.45) is 5.73 Å². The maximum Gasteiger partial charge on any atom is 0.320 e. The number of aryl methyl sites for hydroxylation is 2. The summed E-state index contributed by atoms with van der Waals surface area (Å²) >= 11 is 0. The molecule has 3 rings (SSSR count). The van der Waals surface area contributed by atoms with Gasteiger partial charge in [0.15, 0.2) is 0 Å². The van der Waals surface area contributed by atoms with Crippen LogP contribution in [-0.4, -0.2) is 25.8 Å². The lowest BCUT2D eigenvalue weighted by Gasteiger charge is -2.11. The summed E-state index contributed by atoms with van der Waals surface area (Å²) in [5.74, 6) is 0.907. The molecule has 0 fully saturated rings. The minimum atomic E-state index is -0.336. The minimum Gasteiger partial charge on any atom is -0.334 e. The Labute approximate surface area is 157 Å². The Bertz CT molecular complexity index is 911. The number of benzene rings is 1. The molecule has 1 atom stereocenters. The molecule has 8 heteroatoms. The molecule has 27 heavy (non-hydrogen) atoms. The predicted molar refractivity (Wildman–Crippen MR) is 104 cm³/mol. The van der Waals surface area contributed by atoms with Crippen molar-refractivity contribution in [3.8, 4) is 5.95 Å². The van der Waals surface area contributed by atoms with Gasteiger partial charge in [-0.1, -0.05) is 24.3 Å². The number of rotatable bonds is 5. The van der Waals surface area contributed by atoms with Crippen molar-refractivity contribution >= 4 is 11.8 Å². The number of carbonyl (C=O) groups is 1. The van der Waals surface area contributed by atoms with E-state index in [2.05, 4.69) is 25.7 Å². The van der Waals surface area contributed by atoms with Gasteiger partial charge in [-0.15, -0.1) is 0 Å². The molecule has 0 aliphatic heterocycles. The number of amides is 2. The van der Waals surface area contributed by atoms with Crippen LogP contribution < -0.4 is 16.4 Å². The summed E-state index contributed by atoms with van der Waals surface area (Å²) in [4.78, 5) is 21.0. The summed E-state index contributed by atoms with van der Waals surface area (Å²) in [6.07, 6.45) is 1.59. The molecular weight excluding hydrogens is 342 g/mol. The lowest BCUT2D eigenvalue weighted by molar-refractivity contribution is 0.251. The SMILES string of the molecule is Cc1cc(C)nc(-n2nccc2NC(=O)NCc2ccc([C@@H](C)N)cc2)n1. The third kappa shape index (κ3) is 4.68. The number of hydrogen-bond acceptors (Lipinski definition) is 5. The second-order valence-electron chi connectivity index (χ2n) is 6.42. The molecule has 0 unspecified atom stereocenters. The predicted octanol–water partition coefficient (Wildman–Crippen LogP) is 2.62. The number of nitrogens with zero attached hydrogens (tertiary/aromatic N) is 4. The van der Waals surface area contributed by atoms with Crippen molar-refractivity contribution in [2.75, 3.05) is 5.32 Å². The number of nitrogens with two attached hydrogens (primary N) is 1. The maximum absolute atomic E-state index is 12.3. The second kappa shape index (κ2) is 7.96. The summed E-state index contributed by atoms with van der Waals surface area (Å²) in [6.45, 7) is 6.11. The van der Waals surface area contributed by atoms with E-state index in [0.29, 0.717) is 18.3 Å². The monoisotopic (exact) mass is 365 g/mol. The van der Waals surface area contributed by atoms with Gasteiger partial charge in [-0.25, -0.2) is 14.8 Å². The van der Waals surface area contributed by atoms with E-state index in [1.165, 1.54) is 4.68 Å². The molecule has 2 heterocycles. The molecule has 0 aliphatic rings. The standard InChI is InChI=1S/C19H23N7O/c1-12-10-13(2)24-18(23-12)26-17(8-9-22-26)25-19(27)21-11-15-4-6-16(7-5-15)14(3)20/h4-10,14H,11,20H2,1-3H3,(H2,21,25,27)/t14-/m1/s1. The van der Waals surface area contributed by atoms with Crippen LogP contribution in [0.3, 0.4) is 0 Å². The van der Waals surface area contributed by atoms with Crippen molar-refractivity contribution in [3.63, 3.8) is 0 Å². The molecule has 8 nitrogen and oxygen atoms in total. The zero-order valence-electron chi connectivity index (χ0n) is 15.6. The Hall–Kier alpha value is -3.26. The zero-order valence-corrected chi connectivity index (χ0v) is 15.6. The average Bonchev–Trinajstić information content (AvgIpc) is 3.07. The lowest BCUT2D eigenvalue weighted by atomic mass is 10.1. The van der Waals surface area contributed by atoms with E-state index < -0.39 is 0 Å². The van der Waals surface area contributed by atoms with Gasteiger partial charge in [-0.3, -0.25) is 5.32 Å². The van der Waals surface area contributed by atoms with E-state index in [4.69, 9.17) is 5.73 Å². The molecule has 0 radical (unpaired) electrons. The van der Waals surface area contributed by atoms with Crippen LogP contribution >= 0.6 is 0 Å². The molecule has 1 aromatic carbocycles. The number of nitrogens with one attached hydrogen (secondary N) is 2. The van der Waals surface area contributed by atoms with Crippen LogP contribution in [0.2, 0.25) is 0 Å². The van der Waals surface area contributed by atoms with E-state index in [9.17, 15) is 4.79 Å². The molecule has 0 saturated carbocycles. The topological polar surface area (TPSA) is 111 Å². The van der Waals surface area contributed by atoms with E-state index in [-0.39, 0.29) is 12.1 Å². The van der Waals surface area contributed by atoms with Gasteiger partial charge in [0.2, 0.25) is 0 Å². The summed E-state index contributed by atoms with van der Waals surface area (Å²) in [7, 11) is 0. The molecule has 3 aromatic rings. The normalized spacial score (nSPS) is 11.9. The summed E-state index contributed by atoms with van der Waals surface area (Å²) in [5.41, 5.74) is 9.55. The first-order chi connectivity index (χ1) is 12.9. The Kier molecular flexibility index (Phi) is 5.46. The Morgan fingerprint density at radius 1 is 1.15 bits per heavy atom. The van der Waals surface area contributed by atoms with E-state index >= 15 is 0 Å². The third-order valence-corrected chi connectivity index (χ3v) is 4.00. The highest BCUT2D eigenvalue weighted by atomic mass is 16.2. The van der Waals surface area contributed by atoms with Crippen molar-refractivity contribution in [3.05, 3.63) is 65.1 Å². The first kappa shape index (κ1) is 18.5. The molecule has 0 spiro atoms. The highest BCUT2D eigenvalue weighted by Gasteiger charge is 2.11.